The number of hydrogen-bond acceptors (Lipinski definition) is 5. The van der Waals surface area contributed by atoms with Crippen LogP contribution in [-0.4, -0.2) is 22.3 Å². The fraction of sp³-hybridized carbons (Fsp3) is 0.320. The Bertz CT molecular complexity index is 1280. The van der Waals surface area contributed by atoms with Crippen molar-refractivity contribution in [3.8, 4) is 0 Å². The third kappa shape index (κ3) is 4.36. The van der Waals surface area contributed by atoms with Gasteiger partial charge in [-0.1, -0.05) is 30.3 Å². The highest BCUT2D eigenvalue weighted by Crippen LogP contribution is 2.39. The molecule has 1 aliphatic heterocycles. The van der Waals surface area contributed by atoms with E-state index in [2.05, 4.69) is 0 Å². The van der Waals surface area contributed by atoms with Crippen LogP contribution in [0.25, 0.3) is 0 Å². The van der Waals surface area contributed by atoms with Crippen molar-refractivity contribution in [3.05, 3.63) is 93.5 Å². The predicted molar refractivity (Wildman–Crippen MR) is 116 cm³/mol. The fourth-order valence-corrected chi connectivity index (χ4v) is 4.30. The van der Waals surface area contributed by atoms with E-state index < -0.39 is 47.0 Å². The molecule has 10 heteroatoms. The quantitative estimate of drug-likeness (QED) is 0.179. The molecular weight excluding hydrogens is 465 g/mol. The average Bonchev–Trinajstić information content (AvgIpc) is 2.98. The number of halogens is 3. The Kier molecular flexibility index (Phi) is 6.08. The van der Waals surface area contributed by atoms with Crippen molar-refractivity contribution < 1.29 is 37.0 Å². The summed E-state index contributed by atoms with van der Waals surface area (Å²) < 4.78 is 54.9. The van der Waals surface area contributed by atoms with Crippen LogP contribution in [0, 0.1) is 42.4 Å². The van der Waals surface area contributed by atoms with Crippen LogP contribution >= 0.6 is 0 Å². The Morgan fingerprint density at radius 1 is 1.03 bits per heavy atom. The maximum Gasteiger partial charge on any atom is 0.324 e. The molecule has 2 aromatic carbocycles. The van der Waals surface area contributed by atoms with E-state index in [4.69, 9.17) is 9.47 Å². The summed E-state index contributed by atoms with van der Waals surface area (Å²) >= 11 is 0. The van der Waals surface area contributed by atoms with Crippen LogP contribution in [0.3, 0.4) is 0 Å². The van der Waals surface area contributed by atoms with Crippen LogP contribution in [0.4, 0.5) is 13.2 Å². The molecule has 3 aromatic rings. The van der Waals surface area contributed by atoms with Crippen molar-refractivity contribution in [3.63, 3.8) is 0 Å². The second kappa shape index (κ2) is 8.75. The first-order valence-corrected chi connectivity index (χ1v) is 10.8. The van der Waals surface area contributed by atoms with Crippen LogP contribution in [-0.2, 0) is 25.6 Å². The molecule has 0 unspecified atom stereocenters. The molecule has 4 rings (SSSR count). The first kappa shape index (κ1) is 24.3. The second-order valence-electron chi connectivity index (χ2n) is 8.89. The topological polar surface area (TPSA) is 84.5 Å². The minimum atomic E-state index is -1.77. The summed E-state index contributed by atoms with van der Waals surface area (Å²) in [6.07, 6.45) is 0. The maximum atomic E-state index is 14.3. The number of rotatable bonds is 5. The lowest BCUT2D eigenvalue weighted by Gasteiger charge is -2.35. The van der Waals surface area contributed by atoms with E-state index in [-0.39, 0.29) is 23.6 Å². The van der Waals surface area contributed by atoms with Gasteiger partial charge in [0, 0.05) is 27.7 Å². The molecule has 7 nitrogen and oxygen atoms in total. The maximum absolute atomic E-state index is 14.3. The van der Waals surface area contributed by atoms with Gasteiger partial charge in [-0.05, 0) is 23.3 Å². The third-order valence-electron chi connectivity index (χ3n) is 6.08. The van der Waals surface area contributed by atoms with E-state index >= 15 is 0 Å². The molecule has 2 heterocycles. The van der Waals surface area contributed by atoms with E-state index in [1.807, 2.05) is 18.2 Å². The molecule has 0 bridgehead atoms. The van der Waals surface area contributed by atoms with Crippen molar-refractivity contribution in [2.75, 3.05) is 0 Å². The molecule has 1 saturated heterocycles. The first-order chi connectivity index (χ1) is 16.4. The predicted octanol–water partition coefficient (Wildman–Crippen LogP) is 3.79. The van der Waals surface area contributed by atoms with E-state index in [0.717, 1.165) is 5.56 Å². The lowest BCUT2D eigenvalue weighted by Crippen LogP contribution is -2.50. The Morgan fingerprint density at radius 3 is 2.11 bits per heavy atom. The molecule has 0 N–H and O–H groups in total. The summed E-state index contributed by atoms with van der Waals surface area (Å²) in [5, 5.41) is 13.4. The van der Waals surface area contributed by atoms with Gasteiger partial charge >= 0.3 is 11.9 Å². The Labute approximate surface area is 199 Å². The van der Waals surface area contributed by atoms with Crippen molar-refractivity contribution in [1.29, 1.82) is 0 Å². The second-order valence-corrected chi connectivity index (χ2v) is 8.89. The highest BCUT2D eigenvalue weighted by atomic mass is 19.2. The highest BCUT2D eigenvalue weighted by Gasteiger charge is 2.52. The van der Waals surface area contributed by atoms with Crippen LogP contribution in [0.1, 0.15) is 48.1 Å². The Balaban J connectivity index is 1.97. The number of esters is 2. The van der Waals surface area contributed by atoms with Gasteiger partial charge in [0.25, 0.3) is 11.6 Å². The van der Waals surface area contributed by atoms with E-state index in [9.17, 15) is 28.0 Å². The number of aromatic nitrogens is 2. The van der Waals surface area contributed by atoms with Crippen LogP contribution < -0.4 is 4.73 Å². The van der Waals surface area contributed by atoms with Gasteiger partial charge in [-0.3, -0.25) is 9.59 Å². The molecule has 1 aromatic heterocycles. The van der Waals surface area contributed by atoms with Gasteiger partial charge < -0.3 is 14.7 Å². The van der Waals surface area contributed by atoms with Crippen LogP contribution in [0.15, 0.2) is 42.5 Å². The molecule has 0 aliphatic carbocycles. The van der Waals surface area contributed by atoms with E-state index in [1.165, 1.54) is 20.8 Å². The number of nitrogens with zero attached hydrogens (tertiary/aromatic N) is 2. The summed E-state index contributed by atoms with van der Waals surface area (Å²) in [6, 6.07) is 10.4. The van der Waals surface area contributed by atoms with Gasteiger partial charge in [0.15, 0.2) is 23.4 Å². The number of carbonyl (C=O) groups is 2. The summed E-state index contributed by atoms with van der Waals surface area (Å²) in [6.45, 7) is 6.07. The van der Waals surface area contributed by atoms with Crippen molar-refractivity contribution in [1.82, 2.24) is 4.57 Å². The van der Waals surface area contributed by atoms with Gasteiger partial charge in [0.1, 0.15) is 23.9 Å². The van der Waals surface area contributed by atoms with Gasteiger partial charge in [0.05, 0.1) is 0 Å². The molecule has 0 saturated carbocycles. The van der Waals surface area contributed by atoms with Crippen molar-refractivity contribution >= 4 is 11.9 Å². The van der Waals surface area contributed by atoms with Gasteiger partial charge in [-0.25, -0.2) is 22.5 Å². The lowest BCUT2D eigenvalue weighted by atomic mass is 9.84. The molecule has 0 radical (unpaired) electrons. The minimum absolute atomic E-state index is 0.145. The molecule has 1 aliphatic rings. The number of carbonyl (C=O) groups excluding carboxylic acids is 2. The SMILES string of the molecule is Cc1c(C)[n+]([O-])c([C@@H](c2cc(F)c(F)c(F)c2)C2C(=O)OC(C)(C)OC2=O)n1Cc1ccccc1. The summed E-state index contributed by atoms with van der Waals surface area (Å²) in [4.78, 5) is 26.0. The average molecular weight is 488 g/mol. The normalized spacial score (nSPS) is 16.7. The minimum Gasteiger partial charge on any atom is -0.711 e. The van der Waals surface area contributed by atoms with Gasteiger partial charge in [-0.2, -0.15) is 0 Å². The van der Waals surface area contributed by atoms with E-state index in [0.29, 0.717) is 22.6 Å². The molecular formula is C25H23F3N2O5. The summed E-state index contributed by atoms with van der Waals surface area (Å²) in [5.41, 5.74) is 1.25. The monoisotopic (exact) mass is 488 g/mol. The smallest absolute Gasteiger partial charge is 0.324 e. The molecule has 35 heavy (non-hydrogen) atoms. The highest BCUT2D eigenvalue weighted by molar-refractivity contribution is 5.98. The number of imidazole rings is 1. The molecule has 1 atom stereocenters. The van der Waals surface area contributed by atoms with E-state index in [1.54, 1.807) is 23.6 Å². The summed E-state index contributed by atoms with van der Waals surface area (Å²) in [5.74, 6) is -11.9. The zero-order valence-corrected chi connectivity index (χ0v) is 19.5. The Hall–Kier alpha value is -3.82. The fourth-order valence-electron chi connectivity index (χ4n) is 4.30. The standard InChI is InChI=1S/C25H23F3N2O5/c1-13-14(2)30(33)22(29(13)12-15-8-6-5-7-9-15)19(16-10-17(26)21(28)18(27)11-16)20-23(31)34-25(3,4)35-24(20)32/h5-11,19-20H,12H2,1-4H3/t19-/m0/s1. The molecule has 184 valence electrons. The van der Waals surface area contributed by atoms with Crippen LogP contribution in [0.5, 0.6) is 0 Å². The number of cyclic esters (lactones) is 2. The zero-order valence-electron chi connectivity index (χ0n) is 19.5. The van der Waals surface area contributed by atoms with Crippen LogP contribution in [0.2, 0.25) is 0 Å². The largest absolute Gasteiger partial charge is 0.711 e. The van der Waals surface area contributed by atoms with Crippen molar-refractivity contribution in [2.24, 2.45) is 5.92 Å². The third-order valence-corrected chi connectivity index (χ3v) is 6.08. The first-order valence-electron chi connectivity index (χ1n) is 10.8. The molecule has 0 amide bonds. The number of benzene rings is 2. The Morgan fingerprint density at radius 2 is 1.57 bits per heavy atom. The molecule has 1 fully saturated rings. The van der Waals surface area contributed by atoms with Gasteiger partial charge in [0.2, 0.25) is 0 Å². The van der Waals surface area contributed by atoms with Crippen molar-refractivity contribution in [2.45, 2.75) is 45.9 Å². The van der Waals surface area contributed by atoms with Gasteiger partial charge in [-0.15, -0.1) is 0 Å². The molecule has 0 spiro atoms. The zero-order chi connectivity index (χ0) is 25.7. The summed E-state index contributed by atoms with van der Waals surface area (Å²) in [7, 11) is 0. The number of ether oxygens (including phenoxy) is 2. The lowest BCUT2D eigenvalue weighted by molar-refractivity contribution is -0.621. The number of hydrogen-bond donors (Lipinski definition) is 0.